The number of hydrogen-bond acceptors (Lipinski definition) is 4. The van der Waals surface area contributed by atoms with Gasteiger partial charge in [0, 0.05) is 19.4 Å². The van der Waals surface area contributed by atoms with Crippen molar-refractivity contribution < 1.29 is 14.2 Å². The van der Waals surface area contributed by atoms with Gasteiger partial charge in [0.15, 0.2) is 11.5 Å². The summed E-state index contributed by atoms with van der Waals surface area (Å²) >= 11 is 0. The van der Waals surface area contributed by atoms with Gasteiger partial charge < -0.3 is 19.9 Å². The summed E-state index contributed by atoms with van der Waals surface area (Å²) < 4.78 is 17.9. The molecule has 0 aromatic heterocycles. The van der Waals surface area contributed by atoms with E-state index in [-0.39, 0.29) is 11.7 Å². The fourth-order valence-corrected chi connectivity index (χ4v) is 3.23. The van der Waals surface area contributed by atoms with E-state index in [1.165, 1.54) is 19.3 Å². The second-order valence-corrected chi connectivity index (χ2v) is 6.04. The minimum Gasteiger partial charge on any atom is -0.490 e. The molecule has 2 aliphatic rings. The van der Waals surface area contributed by atoms with Gasteiger partial charge >= 0.3 is 0 Å². The molecule has 1 saturated carbocycles. The first-order valence-electron chi connectivity index (χ1n) is 8.01. The number of ether oxygens (including phenoxy) is 3. The Bertz CT molecular complexity index is 485. The maximum atomic E-state index is 6.22. The van der Waals surface area contributed by atoms with Crippen LogP contribution in [0.1, 0.15) is 44.6 Å². The van der Waals surface area contributed by atoms with Crippen LogP contribution < -0.4 is 15.2 Å². The standard InChI is InChI=1S/C17H25NO3/c1-2-19-16-10-13(12-18)4-5-15(16)21-14-6-9-20-17(11-14)7-3-8-17/h4-5,10,14H,2-3,6-9,11-12,18H2,1H3. The highest BCUT2D eigenvalue weighted by Crippen LogP contribution is 2.43. The van der Waals surface area contributed by atoms with Crippen LogP contribution in [0.4, 0.5) is 0 Å². The van der Waals surface area contributed by atoms with Crippen molar-refractivity contribution in [2.45, 2.75) is 57.3 Å². The summed E-state index contributed by atoms with van der Waals surface area (Å²) in [5, 5.41) is 0. The molecule has 2 N–H and O–H groups in total. The van der Waals surface area contributed by atoms with Crippen LogP contribution >= 0.6 is 0 Å². The lowest BCUT2D eigenvalue weighted by atomic mass is 9.74. The average Bonchev–Trinajstić information content (AvgIpc) is 2.48. The average molecular weight is 291 g/mol. The Kier molecular flexibility index (Phi) is 4.36. The number of hydrogen-bond donors (Lipinski definition) is 1. The van der Waals surface area contributed by atoms with Crippen LogP contribution in [0.5, 0.6) is 11.5 Å². The number of nitrogens with two attached hydrogens (primary N) is 1. The zero-order valence-electron chi connectivity index (χ0n) is 12.8. The van der Waals surface area contributed by atoms with E-state index in [0.717, 1.165) is 36.5 Å². The second-order valence-electron chi connectivity index (χ2n) is 6.04. The van der Waals surface area contributed by atoms with Gasteiger partial charge in [-0.05, 0) is 43.9 Å². The molecule has 0 amide bonds. The normalized spacial score (nSPS) is 23.6. The molecule has 1 atom stereocenters. The number of benzene rings is 1. The molecule has 1 unspecified atom stereocenters. The Balaban J connectivity index is 1.71. The molecule has 0 radical (unpaired) electrons. The molecule has 1 saturated heterocycles. The summed E-state index contributed by atoms with van der Waals surface area (Å²) in [7, 11) is 0. The summed E-state index contributed by atoms with van der Waals surface area (Å²) in [4.78, 5) is 0. The Hall–Kier alpha value is -1.26. The molecule has 1 aromatic rings. The Labute approximate surface area is 126 Å². The monoisotopic (exact) mass is 291 g/mol. The van der Waals surface area contributed by atoms with Crippen LogP contribution in [0.2, 0.25) is 0 Å². The van der Waals surface area contributed by atoms with Crippen molar-refractivity contribution in [2.24, 2.45) is 5.73 Å². The first-order valence-corrected chi connectivity index (χ1v) is 8.01. The molecule has 4 nitrogen and oxygen atoms in total. The summed E-state index contributed by atoms with van der Waals surface area (Å²) in [6, 6.07) is 5.98. The van der Waals surface area contributed by atoms with Gasteiger partial charge in [-0.1, -0.05) is 6.07 Å². The minimum atomic E-state index is 0.103. The molecule has 0 bridgehead atoms. The highest BCUT2D eigenvalue weighted by atomic mass is 16.5. The van der Waals surface area contributed by atoms with Gasteiger partial charge in [0.2, 0.25) is 0 Å². The van der Waals surface area contributed by atoms with E-state index in [1.807, 2.05) is 25.1 Å². The quantitative estimate of drug-likeness (QED) is 0.906. The van der Waals surface area contributed by atoms with Crippen LogP contribution in [0.15, 0.2) is 18.2 Å². The Morgan fingerprint density at radius 3 is 2.86 bits per heavy atom. The maximum Gasteiger partial charge on any atom is 0.161 e. The predicted molar refractivity (Wildman–Crippen MR) is 81.7 cm³/mol. The van der Waals surface area contributed by atoms with Crippen molar-refractivity contribution >= 4 is 0 Å². The summed E-state index contributed by atoms with van der Waals surface area (Å²) in [6.07, 6.45) is 5.81. The SMILES string of the molecule is CCOc1cc(CN)ccc1OC1CCOC2(CCC2)C1. The van der Waals surface area contributed by atoms with Crippen molar-refractivity contribution in [1.29, 1.82) is 0 Å². The molecule has 2 fully saturated rings. The summed E-state index contributed by atoms with van der Waals surface area (Å²) in [5.74, 6) is 1.63. The molecule has 1 aliphatic carbocycles. The molecular weight excluding hydrogens is 266 g/mol. The van der Waals surface area contributed by atoms with E-state index < -0.39 is 0 Å². The first kappa shape index (κ1) is 14.7. The highest BCUT2D eigenvalue weighted by molar-refractivity contribution is 5.43. The van der Waals surface area contributed by atoms with Crippen molar-refractivity contribution in [3.8, 4) is 11.5 Å². The zero-order chi connectivity index (χ0) is 14.7. The lowest BCUT2D eigenvalue weighted by Gasteiger charge is -2.46. The van der Waals surface area contributed by atoms with Gasteiger partial charge in [-0.25, -0.2) is 0 Å². The van der Waals surface area contributed by atoms with Crippen molar-refractivity contribution in [3.05, 3.63) is 23.8 Å². The van der Waals surface area contributed by atoms with Gasteiger partial charge in [0.25, 0.3) is 0 Å². The Morgan fingerprint density at radius 2 is 2.19 bits per heavy atom. The predicted octanol–water partition coefficient (Wildman–Crippen LogP) is 3.02. The molecular formula is C17H25NO3. The van der Waals surface area contributed by atoms with E-state index in [1.54, 1.807) is 0 Å². The fraction of sp³-hybridized carbons (Fsp3) is 0.647. The highest BCUT2D eigenvalue weighted by Gasteiger charge is 2.43. The summed E-state index contributed by atoms with van der Waals surface area (Å²) in [5.41, 5.74) is 6.86. The van der Waals surface area contributed by atoms with Gasteiger partial charge in [-0.2, -0.15) is 0 Å². The largest absolute Gasteiger partial charge is 0.490 e. The van der Waals surface area contributed by atoms with E-state index >= 15 is 0 Å². The van der Waals surface area contributed by atoms with E-state index in [9.17, 15) is 0 Å². The lowest BCUT2D eigenvalue weighted by molar-refractivity contribution is -0.153. The fourth-order valence-electron chi connectivity index (χ4n) is 3.23. The van der Waals surface area contributed by atoms with E-state index in [0.29, 0.717) is 13.2 Å². The minimum absolute atomic E-state index is 0.103. The van der Waals surface area contributed by atoms with Crippen molar-refractivity contribution in [3.63, 3.8) is 0 Å². The Morgan fingerprint density at radius 1 is 1.33 bits per heavy atom. The van der Waals surface area contributed by atoms with E-state index in [4.69, 9.17) is 19.9 Å². The molecule has 4 heteroatoms. The zero-order valence-corrected chi connectivity index (χ0v) is 12.8. The topological polar surface area (TPSA) is 53.7 Å². The van der Waals surface area contributed by atoms with Gasteiger partial charge in [0.1, 0.15) is 6.10 Å². The second kappa shape index (κ2) is 6.24. The van der Waals surface area contributed by atoms with Crippen molar-refractivity contribution in [1.82, 2.24) is 0 Å². The molecule has 116 valence electrons. The maximum absolute atomic E-state index is 6.22. The van der Waals surface area contributed by atoms with Crippen LogP contribution in [0.25, 0.3) is 0 Å². The van der Waals surface area contributed by atoms with Crippen LogP contribution in [-0.4, -0.2) is 24.9 Å². The molecule has 1 spiro atoms. The van der Waals surface area contributed by atoms with E-state index in [2.05, 4.69) is 0 Å². The molecule has 1 heterocycles. The molecule has 1 aromatic carbocycles. The molecule has 3 rings (SSSR count). The first-order chi connectivity index (χ1) is 10.2. The third-order valence-corrected chi connectivity index (χ3v) is 4.55. The van der Waals surface area contributed by atoms with Crippen LogP contribution in [-0.2, 0) is 11.3 Å². The van der Waals surface area contributed by atoms with Gasteiger partial charge in [0.05, 0.1) is 18.8 Å². The third-order valence-electron chi connectivity index (χ3n) is 4.55. The molecule has 21 heavy (non-hydrogen) atoms. The van der Waals surface area contributed by atoms with Crippen molar-refractivity contribution in [2.75, 3.05) is 13.2 Å². The van der Waals surface area contributed by atoms with Gasteiger partial charge in [-0.3, -0.25) is 0 Å². The van der Waals surface area contributed by atoms with Crippen LogP contribution in [0.3, 0.4) is 0 Å². The van der Waals surface area contributed by atoms with Gasteiger partial charge in [-0.15, -0.1) is 0 Å². The lowest BCUT2D eigenvalue weighted by Crippen LogP contribution is -2.48. The smallest absolute Gasteiger partial charge is 0.161 e. The molecule has 1 aliphatic heterocycles. The third kappa shape index (κ3) is 3.16. The van der Waals surface area contributed by atoms with Crippen LogP contribution in [0, 0.1) is 0 Å². The summed E-state index contributed by atoms with van der Waals surface area (Å²) in [6.45, 7) is 3.93. The number of rotatable bonds is 5.